The lowest BCUT2D eigenvalue weighted by Crippen LogP contribution is -2.27. The van der Waals surface area contributed by atoms with E-state index in [1.165, 1.54) is 0 Å². The van der Waals surface area contributed by atoms with E-state index in [9.17, 15) is 4.79 Å². The number of aromatic nitrogens is 2. The summed E-state index contributed by atoms with van der Waals surface area (Å²) in [6.45, 7) is 3.79. The third-order valence-electron chi connectivity index (χ3n) is 3.59. The number of carbonyl (C=O) groups is 1. The number of hydrogen-bond donors (Lipinski definition) is 1. The third kappa shape index (κ3) is 3.46. The maximum absolute atomic E-state index is 12.3. The molecule has 0 aliphatic heterocycles. The van der Waals surface area contributed by atoms with E-state index in [0.717, 1.165) is 11.1 Å². The quantitative estimate of drug-likeness (QED) is 0.772. The minimum Gasteiger partial charge on any atom is -0.340 e. The fourth-order valence-electron chi connectivity index (χ4n) is 2.21. The van der Waals surface area contributed by atoms with E-state index in [4.69, 9.17) is 16.1 Å². The number of carbonyl (C=O) groups excluding carboxylic acids is 1. The molecule has 0 aliphatic carbocycles. The van der Waals surface area contributed by atoms with Gasteiger partial charge in [0.2, 0.25) is 11.7 Å². The zero-order valence-electron chi connectivity index (χ0n) is 13.3. The lowest BCUT2D eigenvalue weighted by molar-refractivity contribution is 0.0932. The van der Waals surface area contributed by atoms with Crippen LogP contribution in [0.25, 0.3) is 11.4 Å². The molecule has 5 nitrogen and oxygen atoms in total. The number of aryl methyl sites for hydroxylation is 1. The van der Waals surface area contributed by atoms with Crippen LogP contribution in [-0.4, -0.2) is 16.0 Å². The van der Waals surface area contributed by atoms with Gasteiger partial charge in [-0.3, -0.25) is 4.79 Å². The number of amides is 1. The first-order chi connectivity index (χ1) is 11.5. The number of halogens is 1. The summed E-state index contributed by atoms with van der Waals surface area (Å²) in [6.07, 6.45) is 0. The van der Waals surface area contributed by atoms with E-state index >= 15 is 0 Å². The number of nitrogens with zero attached hydrogens (tertiary/aromatic N) is 2. The largest absolute Gasteiger partial charge is 0.340 e. The summed E-state index contributed by atoms with van der Waals surface area (Å²) in [7, 11) is 0. The van der Waals surface area contributed by atoms with E-state index in [0.29, 0.717) is 22.3 Å². The Morgan fingerprint density at radius 3 is 2.58 bits per heavy atom. The highest BCUT2D eigenvalue weighted by atomic mass is 35.5. The van der Waals surface area contributed by atoms with Gasteiger partial charge in [0.1, 0.15) is 6.04 Å². The van der Waals surface area contributed by atoms with Gasteiger partial charge in [0.15, 0.2) is 0 Å². The van der Waals surface area contributed by atoms with Crippen molar-refractivity contribution in [3.63, 3.8) is 0 Å². The molecule has 122 valence electrons. The van der Waals surface area contributed by atoms with Crippen LogP contribution in [0.3, 0.4) is 0 Å². The van der Waals surface area contributed by atoms with Crippen molar-refractivity contribution in [2.75, 3.05) is 0 Å². The van der Waals surface area contributed by atoms with E-state index < -0.39 is 6.04 Å². The molecule has 1 atom stereocenters. The first kappa shape index (κ1) is 16.2. The topological polar surface area (TPSA) is 68.0 Å². The summed E-state index contributed by atoms with van der Waals surface area (Å²) < 4.78 is 5.27. The molecule has 0 aliphatic rings. The van der Waals surface area contributed by atoms with Crippen molar-refractivity contribution in [3.05, 3.63) is 70.6 Å². The summed E-state index contributed by atoms with van der Waals surface area (Å²) in [4.78, 5) is 16.6. The Hall–Kier alpha value is -2.66. The number of rotatable bonds is 4. The molecule has 0 spiro atoms. The second-order valence-corrected chi connectivity index (χ2v) is 5.90. The fraction of sp³-hybridized carbons (Fsp3) is 0.167. The first-order valence-corrected chi connectivity index (χ1v) is 7.88. The van der Waals surface area contributed by atoms with E-state index in [1.807, 2.05) is 31.2 Å². The highest BCUT2D eigenvalue weighted by Gasteiger charge is 2.19. The van der Waals surface area contributed by atoms with Gasteiger partial charge in [0, 0.05) is 5.56 Å². The maximum Gasteiger partial charge on any atom is 0.253 e. The average Bonchev–Trinajstić information content (AvgIpc) is 3.06. The maximum atomic E-state index is 12.3. The Labute approximate surface area is 144 Å². The van der Waals surface area contributed by atoms with E-state index in [-0.39, 0.29) is 5.91 Å². The predicted molar refractivity (Wildman–Crippen MR) is 91.8 cm³/mol. The molecule has 0 fully saturated rings. The normalized spacial score (nSPS) is 12.0. The van der Waals surface area contributed by atoms with Gasteiger partial charge in [-0.1, -0.05) is 58.7 Å². The molecule has 0 saturated carbocycles. The van der Waals surface area contributed by atoms with E-state index in [2.05, 4.69) is 15.5 Å². The molecule has 0 bridgehead atoms. The summed E-state index contributed by atoms with van der Waals surface area (Å²) in [5.41, 5.74) is 2.42. The number of benzene rings is 2. The summed E-state index contributed by atoms with van der Waals surface area (Å²) in [5.74, 6) is 0.540. The fourth-order valence-corrected chi connectivity index (χ4v) is 2.43. The van der Waals surface area contributed by atoms with Gasteiger partial charge in [-0.2, -0.15) is 4.98 Å². The van der Waals surface area contributed by atoms with Crippen LogP contribution >= 0.6 is 11.6 Å². The Balaban J connectivity index is 1.74. The van der Waals surface area contributed by atoms with Crippen LogP contribution < -0.4 is 5.32 Å². The number of hydrogen-bond acceptors (Lipinski definition) is 4. The number of nitrogens with one attached hydrogen (secondary N) is 1. The van der Waals surface area contributed by atoms with Crippen molar-refractivity contribution < 1.29 is 9.32 Å². The smallest absolute Gasteiger partial charge is 0.253 e. The molecule has 24 heavy (non-hydrogen) atoms. The zero-order chi connectivity index (χ0) is 17.1. The molecule has 1 amide bonds. The van der Waals surface area contributed by atoms with Gasteiger partial charge in [-0.05, 0) is 26.0 Å². The second kappa shape index (κ2) is 6.84. The zero-order valence-corrected chi connectivity index (χ0v) is 14.0. The van der Waals surface area contributed by atoms with Crippen molar-refractivity contribution in [2.45, 2.75) is 19.9 Å². The standard InChI is InChI=1S/C18H16ClN3O2/c1-11-7-9-13(10-8-11)16-21-18(24-22-16)12(2)20-17(23)14-5-3-4-6-15(14)19/h3-10,12H,1-2H3,(H,20,23)/t12-/m1/s1. The molecule has 0 radical (unpaired) electrons. The van der Waals surface area contributed by atoms with Crippen molar-refractivity contribution in [3.8, 4) is 11.4 Å². The van der Waals surface area contributed by atoms with Gasteiger partial charge in [-0.25, -0.2) is 0 Å². The first-order valence-electron chi connectivity index (χ1n) is 7.50. The molecule has 1 heterocycles. The second-order valence-electron chi connectivity index (χ2n) is 5.50. The summed E-state index contributed by atoms with van der Waals surface area (Å²) in [6, 6.07) is 14.2. The molecule has 2 aromatic carbocycles. The minimum atomic E-state index is -0.430. The van der Waals surface area contributed by atoms with Crippen molar-refractivity contribution in [2.24, 2.45) is 0 Å². The highest BCUT2D eigenvalue weighted by molar-refractivity contribution is 6.33. The minimum absolute atomic E-state index is 0.289. The Morgan fingerprint density at radius 1 is 1.17 bits per heavy atom. The predicted octanol–water partition coefficient (Wildman–Crippen LogP) is 4.19. The Kier molecular flexibility index (Phi) is 4.62. The third-order valence-corrected chi connectivity index (χ3v) is 3.92. The van der Waals surface area contributed by atoms with Gasteiger partial charge in [0.25, 0.3) is 5.91 Å². The van der Waals surface area contributed by atoms with Crippen LogP contribution in [-0.2, 0) is 0 Å². The van der Waals surface area contributed by atoms with Crippen LogP contribution in [0.2, 0.25) is 5.02 Å². The molecule has 1 N–H and O–H groups in total. The van der Waals surface area contributed by atoms with Crippen molar-refractivity contribution in [1.29, 1.82) is 0 Å². The van der Waals surface area contributed by atoms with Crippen LogP contribution in [0, 0.1) is 6.92 Å². The molecule has 3 rings (SSSR count). The lowest BCUT2D eigenvalue weighted by atomic mass is 10.1. The molecule has 3 aromatic rings. The summed E-state index contributed by atoms with van der Waals surface area (Å²) >= 11 is 6.03. The van der Waals surface area contributed by atoms with Gasteiger partial charge in [-0.15, -0.1) is 0 Å². The molecule has 0 unspecified atom stereocenters. The van der Waals surface area contributed by atoms with Gasteiger partial charge < -0.3 is 9.84 Å². The van der Waals surface area contributed by atoms with E-state index in [1.54, 1.807) is 31.2 Å². The highest BCUT2D eigenvalue weighted by Crippen LogP contribution is 2.20. The molecule has 1 aromatic heterocycles. The molecular formula is C18H16ClN3O2. The monoisotopic (exact) mass is 341 g/mol. The van der Waals surface area contributed by atoms with Gasteiger partial charge in [0.05, 0.1) is 10.6 Å². The molecule has 6 heteroatoms. The Morgan fingerprint density at radius 2 is 1.88 bits per heavy atom. The van der Waals surface area contributed by atoms with Crippen LogP contribution in [0.15, 0.2) is 53.1 Å². The van der Waals surface area contributed by atoms with Crippen molar-refractivity contribution >= 4 is 17.5 Å². The SMILES string of the molecule is Cc1ccc(-c2noc([C@@H](C)NC(=O)c3ccccc3Cl)n2)cc1. The molecular weight excluding hydrogens is 326 g/mol. The van der Waals surface area contributed by atoms with Crippen LogP contribution in [0.1, 0.15) is 34.8 Å². The van der Waals surface area contributed by atoms with Gasteiger partial charge >= 0.3 is 0 Å². The van der Waals surface area contributed by atoms with Crippen LogP contribution in [0.4, 0.5) is 0 Å². The lowest BCUT2D eigenvalue weighted by Gasteiger charge is -2.10. The molecule has 0 saturated heterocycles. The summed E-state index contributed by atoms with van der Waals surface area (Å²) in [5, 5.41) is 7.18. The van der Waals surface area contributed by atoms with Crippen molar-refractivity contribution in [1.82, 2.24) is 15.5 Å². The van der Waals surface area contributed by atoms with Crippen LogP contribution in [0.5, 0.6) is 0 Å². The average molecular weight is 342 g/mol. The Bertz CT molecular complexity index is 859.